The Hall–Kier alpha value is -3.17. The lowest BCUT2D eigenvalue weighted by Crippen LogP contribution is -2.44. The van der Waals surface area contributed by atoms with Gasteiger partial charge in [-0.15, -0.1) is 0 Å². The molecule has 1 atom stereocenters. The number of aryl methyl sites for hydroxylation is 1. The molecule has 0 saturated heterocycles. The highest BCUT2D eigenvalue weighted by molar-refractivity contribution is 6.76. The van der Waals surface area contributed by atoms with Gasteiger partial charge in [0, 0.05) is 30.7 Å². The van der Waals surface area contributed by atoms with Gasteiger partial charge in [0.15, 0.2) is 17.1 Å². The van der Waals surface area contributed by atoms with Gasteiger partial charge in [-0.1, -0.05) is 32.6 Å². The van der Waals surface area contributed by atoms with E-state index in [0.717, 1.165) is 34.5 Å². The third-order valence-corrected chi connectivity index (χ3v) is 9.19. The van der Waals surface area contributed by atoms with Crippen molar-refractivity contribution in [3.8, 4) is 22.9 Å². The molecule has 3 aromatic rings. The quantitative estimate of drug-likeness (QED) is 0.311. The summed E-state index contributed by atoms with van der Waals surface area (Å²) < 4.78 is 18.0. The molecule has 2 aliphatic heterocycles. The molecule has 8 nitrogen and oxygen atoms in total. The van der Waals surface area contributed by atoms with Crippen molar-refractivity contribution < 1.29 is 24.1 Å². The number of carbonyl (C=O) groups is 1. The molecular formula is C27H32N2O6Si. The second-order valence-electron chi connectivity index (χ2n) is 10.8. The molecule has 1 aromatic carbocycles. The minimum absolute atomic E-state index is 0.109. The van der Waals surface area contributed by atoms with E-state index in [0.29, 0.717) is 40.6 Å². The Kier molecular flexibility index (Phi) is 5.76. The second kappa shape index (κ2) is 8.45. The fraction of sp³-hybridized carbons (Fsp3) is 0.444. The van der Waals surface area contributed by atoms with Crippen LogP contribution in [0, 0.1) is 0 Å². The number of hydrogen-bond acceptors (Lipinski definition) is 7. The van der Waals surface area contributed by atoms with Crippen molar-refractivity contribution in [2.75, 3.05) is 14.2 Å². The summed E-state index contributed by atoms with van der Waals surface area (Å²) in [6, 6.07) is 6.67. The van der Waals surface area contributed by atoms with Crippen molar-refractivity contribution in [3.63, 3.8) is 0 Å². The van der Waals surface area contributed by atoms with Gasteiger partial charge in [0.05, 0.1) is 43.2 Å². The van der Waals surface area contributed by atoms with Crippen molar-refractivity contribution in [1.29, 1.82) is 0 Å². The van der Waals surface area contributed by atoms with Crippen LogP contribution in [0.2, 0.25) is 25.7 Å². The number of carbonyl (C=O) groups excluding carboxylic acids is 1. The average molecular weight is 509 g/mol. The number of nitrogens with zero attached hydrogens (tertiary/aromatic N) is 2. The third kappa shape index (κ3) is 3.64. The minimum atomic E-state index is -1.85. The van der Waals surface area contributed by atoms with Crippen LogP contribution in [-0.2, 0) is 34.7 Å². The first-order valence-corrected chi connectivity index (χ1v) is 16.0. The molecule has 9 heteroatoms. The van der Waals surface area contributed by atoms with E-state index >= 15 is 0 Å². The maximum atomic E-state index is 13.6. The van der Waals surface area contributed by atoms with Crippen LogP contribution in [0.5, 0.6) is 11.5 Å². The molecule has 5 rings (SSSR count). The lowest BCUT2D eigenvalue weighted by Gasteiger charge is -2.31. The predicted molar refractivity (Wildman–Crippen MR) is 139 cm³/mol. The fourth-order valence-corrected chi connectivity index (χ4v) is 6.27. The summed E-state index contributed by atoms with van der Waals surface area (Å²) in [5, 5.41) is 12.1. The van der Waals surface area contributed by atoms with E-state index in [1.807, 2.05) is 12.1 Å². The van der Waals surface area contributed by atoms with Crippen LogP contribution in [0.25, 0.3) is 22.3 Å². The van der Waals surface area contributed by atoms with Crippen molar-refractivity contribution in [2.24, 2.45) is 0 Å². The number of aromatic nitrogens is 2. The molecule has 2 aromatic heterocycles. The normalized spacial score (nSPS) is 18.5. The SMILES string of the molecule is CC[C@@]1(O)C(=O)OCc2c1cc1n(c2=O)Cc2c-1nc1cc(OC)c(OC)cc1c2CC[Si](C)(C)C. The summed E-state index contributed by atoms with van der Waals surface area (Å²) >= 11 is 0. The summed E-state index contributed by atoms with van der Waals surface area (Å²) in [6.45, 7) is 8.98. The molecule has 0 bridgehead atoms. The van der Waals surface area contributed by atoms with Gasteiger partial charge in [-0.25, -0.2) is 9.78 Å². The van der Waals surface area contributed by atoms with Crippen LogP contribution < -0.4 is 15.0 Å². The van der Waals surface area contributed by atoms with Crippen molar-refractivity contribution in [1.82, 2.24) is 9.55 Å². The number of methoxy groups -OCH3 is 2. The summed E-state index contributed by atoms with van der Waals surface area (Å²) in [4.78, 5) is 31.1. The Morgan fingerprint density at radius 1 is 1.11 bits per heavy atom. The van der Waals surface area contributed by atoms with Gasteiger partial charge in [-0.3, -0.25) is 4.79 Å². The van der Waals surface area contributed by atoms with Crippen LogP contribution in [0.1, 0.15) is 35.6 Å². The summed E-state index contributed by atoms with van der Waals surface area (Å²) in [7, 11) is 1.83. The molecule has 0 aliphatic carbocycles. The molecular weight excluding hydrogens is 476 g/mol. The smallest absolute Gasteiger partial charge is 0.343 e. The Balaban J connectivity index is 1.80. The van der Waals surface area contributed by atoms with E-state index in [-0.39, 0.29) is 18.6 Å². The Bertz CT molecular complexity index is 1470. The van der Waals surface area contributed by atoms with Gasteiger partial charge in [-0.05, 0) is 30.5 Å². The minimum Gasteiger partial charge on any atom is -0.493 e. The number of fused-ring (bicyclic) bond motifs is 5. The highest BCUT2D eigenvalue weighted by atomic mass is 28.3. The van der Waals surface area contributed by atoms with Crippen molar-refractivity contribution >= 4 is 24.9 Å². The summed E-state index contributed by atoms with van der Waals surface area (Å²) in [6.07, 6.45) is 0.966. The molecule has 0 amide bonds. The largest absolute Gasteiger partial charge is 0.493 e. The van der Waals surface area contributed by atoms with Gasteiger partial charge in [0.1, 0.15) is 6.61 Å². The zero-order valence-electron chi connectivity index (χ0n) is 21.7. The summed E-state index contributed by atoms with van der Waals surface area (Å²) in [5.74, 6) is 0.490. The zero-order chi connectivity index (χ0) is 26.0. The Labute approximate surface area is 210 Å². The highest BCUT2D eigenvalue weighted by Gasteiger charge is 2.45. The number of cyclic esters (lactones) is 1. The number of rotatable bonds is 6. The maximum absolute atomic E-state index is 13.6. The van der Waals surface area contributed by atoms with Gasteiger partial charge < -0.3 is 23.9 Å². The van der Waals surface area contributed by atoms with Gasteiger partial charge in [0.2, 0.25) is 0 Å². The number of benzene rings is 1. The van der Waals surface area contributed by atoms with E-state index in [1.54, 1.807) is 31.8 Å². The molecule has 0 fully saturated rings. The second-order valence-corrected chi connectivity index (χ2v) is 16.4. The number of ether oxygens (including phenoxy) is 3. The molecule has 0 unspecified atom stereocenters. The number of esters is 1. The summed E-state index contributed by atoms with van der Waals surface area (Å²) in [5.41, 5.74) is 2.77. The van der Waals surface area contributed by atoms with Crippen LogP contribution in [0.4, 0.5) is 0 Å². The first-order valence-electron chi connectivity index (χ1n) is 12.3. The van der Waals surface area contributed by atoms with Gasteiger partial charge in [-0.2, -0.15) is 0 Å². The zero-order valence-corrected chi connectivity index (χ0v) is 22.7. The standard InChI is InChI=1S/C27H32N2O6Si/c1-7-27(32)19-11-21-24-17(13-29(21)25(30)18(19)14-35-26(27)31)15(8-9-36(4,5)6)16-10-22(33-2)23(34-3)12-20(16)28-24/h10-12,32H,7-9,13-14H2,1-6H3/t27-/m0/s1. The molecule has 190 valence electrons. The van der Waals surface area contributed by atoms with Crippen molar-refractivity contribution in [2.45, 2.75) is 64.2 Å². The maximum Gasteiger partial charge on any atom is 0.343 e. The van der Waals surface area contributed by atoms with E-state index < -0.39 is 19.6 Å². The van der Waals surface area contributed by atoms with Crippen LogP contribution in [0.3, 0.4) is 0 Å². The van der Waals surface area contributed by atoms with Gasteiger partial charge >= 0.3 is 5.97 Å². The van der Waals surface area contributed by atoms with E-state index in [9.17, 15) is 14.7 Å². The molecule has 1 N–H and O–H groups in total. The fourth-order valence-electron chi connectivity index (χ4n) is 5.27. The lowest BCUT2D eigenvalue weighted by molar-refractivity contribution is -0.172. The van der Waals surface area contributed by atoms with E-state index in [1.165, 1.54) is 0 Å². The first-order chi connectivity index (χ1) is 17.0. The molecule has 0 saturated carbocycles. The highest BCUT2D eigenvalue weighted by Crippen LogP contribution is 2.42. The Morgan fingerprint density at radius 3 is 2.44 bits per heavy atom. The predicted octanol–water partition coefficient (Wildman–Crippen LogP) is 3.98. The number of aliphatic hydroxyl groups is 1. The van der Waals surface area contributed by atoms with Gasteiger partial charge in [0.25, 0.3) is 5.56 Å². The topological polar surface area (TPSA) is 99.9 Å². The first kappa shape index (κ1) is 24.5. The number of pyridine rings is 2. The van der Waals surface area contributed by atoms with E-state index in [4.69, 9.17) is 19.2 Å². The van der Waals surface area contributed by atoms with Crippen LogP contribution >= 0.6 is 0 Å². The number of hydrogen-bond donors (Lipinski definition) is 1. The third-order valence-electron chi connectivity index (χ3n) is 7.44. The average Bonchev–Trinajstić information content (AvgIpc) is 3.21. The molecule has 2 aliphatic rings. The monoisotopic (exact) mass is 508 g/mol. The lowest BCUT2D eigenvalue weighted by atomic mass is 9.86. The molecule has 4 heterocycles. The molecule has 36 heavy (non-hydrogen) atoms. The molecule has 0 spiro atoms. The van der Waals surface area contributed by atoms with Crippen LogP contribution in [0.15, 0.2) is 23.0 Å². The van der Waals surface area contributed by atoms with Crippen molar-refractivity contribution in [3.05, 3.63) is 50.8 Å². The van der Waals surface area contributed by atoms with Crippen LogP contribution in [-0.4, -0.2) is 42.9 Å². The van der Waals surface area contributed by atoms with E-state index in [2.05, 4.69) is 19.6 Å². The molecule has 0 radical (unpaired) electrons. The Morgan fingerprint density at radius 2 is 1.81 bits per heavy atom.